The van der Waals surface area contributed by atoms with E-state index in [-0.39, 0.29) is 17.7 Å². The first-order valence-corrected chi connectivity index (χ1v) is 4.59. The van der Waals surface area contributed by atoms with Gasteiger partial charge in [0, 0.05) is 5.92 Å². The van der Waals surface area contributed by atoms with Gasteiger partial charge in [-0.2, -0.15) is 0 Å². The van der Waals surface area contributed by atoms with Gasteiger partial charge in [0.05, 0.1) is 6.04 Å². The molecule has 0 aliphatic rings. The third kappa shape index (κ3) is 4.46. The molecule has 0 aliphatic heterocycles. The van der Waals surface area contributed by atoms with E-state index in [9.17, 15) is 4.79 Å². The van der Waals surface area contributed by atoms with Gasteiger partial charge >= 0.3 is 0 Å². The molecule has 0 saturated carbocycles. The van der Waals surface area contributed by atoms with Crippen LogP contribution >= 0.6 is 0 Å². The maximum atomic E-state index is 11.3. The van der Waals surface area contributed by atoms with Crippen LogP contribution in [0.5, 0.6) is 0 Å². The molecular formula is C9H20N2O. The zero-order valence-electron chi connectivity index (χ0n) is 8.05. The van der Waals surface area contributed by atoms with Crippen LogP contribution in [-0.2, 0) is 4.79 Å². The first kappa shape index (κ1) is 11.6. The van der Waals surface area contributed by atoms with Crippen LogP contribution in [0.3, 0.4) is 0 Å². The lowest BCUT2D eigenvalue weighted by Gasteiger charge is -2.12. The lowest BCUT2D eigenvalue weighted by Crippen LogP contribution is -2.33. The van der Waals surface area contributed by atoms with E-state index in [1.165, 1.54) is 0 Å². The fourth-order valence-electron chi connectivity index (χ4n) is 1.08. The topological polar surface area (TPSA) is 69.1 Å². The quantitative estimate of drug-likeness (QED) is 0.578. The van der Waals surface area contributed by atoms with Crippen molar-refractivity contribution in [1.82, 2.24) is 0 Å². The number of rotatable bonds is 6. The number of Topliss-reactive ketones (excluding diaryl/α,β-unsaturated/α-hetero) is 1. The summed E-state index contributed by atoms with van der Waals surface area (Å²) in [5, 5.41) is 0. The molecule has 0 bridgehead atoms. The van der Waals surface area contributed by atoms with Gasteiger partial charge in [0.25, 0.3) is 0 Å². The van der Waals surface area contributed by atoms with Crippen molar-refractivity contribution >= 4 is 5.78 Å². The molecule has 0 aliphatic carbocycles. The van der Waals surface area contributed by atoms with Crippen molar-refractivity contribution in [1.29, 1.82) is 0 Å². The minimum Gasteiger partial charge on any atom is -0.330 e. The average molecular weight is 172 g/mol. The van der Waals surface area contributed by atoms with E-state index >= 15 is 0 Å². The van der Waals surface area contributed by atoms with E-state index in [1.807, 2.05) is 13.8 Å². The summed E-state index contributed by atoms with van der Waals surface area (Å²) in [7, 11) is 0. The average Bonchev–Trinajstić information content (AvgIpc) is 2.03. The maximum absolute atomic E-state index is 11.3. The summed E-state index contributed by atoms with van der Waals surface area (Å²) in [5.41, 5.74) is 11.0. The van der Waals surface area contributed by atoms with Crippen molar-refractivity contribution in [3.8, 4) is 0 Å². The highest BCUT2D eigenvalue weighted by molar-refractivity contribution is 5.85. The maximum Gasteiger partial charge on any atom is 0.152 e. The molecule has 0 aromatic heterocycles. The normalized spacial score (nSPS) is 13.4. The Kier molecular flexibility index (Phi) is 5.93. The van der Waals surface area contributed by atoms with Gasteiger partial charge in [-0.25, -0.2) is 0 Å². The molecule has 0 rings (SSSR count). The van der Waals surface area contributed by atoms with E-state index in [0.29, 0.717) is 6.54 Å². The minimum atomic E-state index is -0.281. The van der Waals surface area contributed by atoms with Crippen molar-refractivity contribution in [2.45, 2.75) is 39.2 Å². The van der Waals surface area contributed by atoms with Crippen LogP contribution in [0.2, 0.25) is 0 Å². The second-order valence-electron chi connectivity index (χ2n) is 3.45. The molecule has 4 N–H and O–H groups in total. The molecule has 0 aromatic carbocycles. The van der Waals surface area contributed by atoms with E-state index in [2.05, 4.69) is 0 Å². The number of carbonyl (C=O) groups is 1. The Morgan fingerprint density at radius 1 is 1.33 bits per heavy atom. The lowest BCUT2D eigenvalue weighted by atomic mass is 9.98. The highest BCUT2D eigenvalue weighted by Crippen LogP contribution is 2.04. The van der Waals surface area contributed by atoms with Crippen LogP contribution in [0, 0.1) is 5.92 Å². The molecule has 0 fully saturated rings. The van der Waals surface area contributed by atoms with Gasteiger partial charge in [-0.05, 0) is 19.4 Å². The number of carbonyl (C=O) groups excluding carboxylic acids is 1. The highest BCUT2D eigenvalue weighted by Gasteiger charge is 2.15. The zero-order chi connectivity index (χ0) is 9.56. The summed E-state index contributed by atoms with van der Waals surface area (Å²) in [5.74, 6) is 0.213. The molecule has 0 radical (unpaired) electrons. The summed E-state index contributed by atoms with van der Waals surface area (Å²) in [4.78, 5) is 11.3. The molecule has 12 heavy (non-hydrogen) atoms. The van der Waals surface area contributed by atoms with Crippen LogP contribution < -0.4 is 11.5 Å². The van der Waals surface area contributed by atoms with Crippen molar-refractivity contribution < 1.29 is 4.79 Å². The fraction of sp³-hybridized carbons (Fsp3) is 0.889. The predicted molar refractivity (Wildman–Crippen MR) is 50.7 cm³/mol. The van der Waals surface area contributed by atoms with Crippen LogP contribution in [0.1, 0.15) is 33.1 Å². The standard InChI is InChI=1S/C9H20N2O/c1-7(2)9(12)8(11)5-3-4-6-10/h7-8H,3-6,10-11H2,1-2H3/t8-/m0/s1. The lowest BCUT2D eigenvalue weighted by molar-refractivity contribution is -0.123. The number of ketones is 1. The van der Waals surface area contributed by atoms with Crippen molar-refractivity contribution in [3.05, 3.63) is 0 Å². The van der Waals surface area contributed by atoms with Crippen LogP contribution in [0.15, 0.2) is 0 Å². The summed E-state index contributed by atoms with van der Waals surface area (Å²) in [6.45, 7) is 4.44. The van der Waals surface area contributed by atoms with Crippen molar-refractivity contribution in [2.24, 2.45) is 17.4 Å². The van der Waals surface area contributed by atoms with Gasteiger partial charge in [-0.15, -0.1) is 0 Å². The Bertz CT molecular complexity index is 134. The van der Waals surface area contributed by atoms with Gasteiger partial charge in [0.1, 0.15) is 0 Å². The van der Waals surface area contributed by atoms with Gasteiger partial charge in [0.2, 0.25) is 0 Å². The number of hydrogen-bond donors (Lipinski definition) is 2. The Hall–Kier alpha value is -0.410. The molecule has 0 amide bonds. The largest absolute Gasteiger partial charge is 0.330 e. The first-order valence-electron chi connectivity index (χ1n) is 4.59. The summed E-state index contributed by atoms with van der Waals surface area (Å²) in [6, 6.07) is -0.281. The van der Waals surface area contributed by atoms with Crippen LogP contribution in [-0.4, -0.2) is 18.4 Å². The Morgan fingerprint density at radius 2 is 1.92 bits per heavy atom. The Labute approximate surface area is 74.5 Å². The van der Waals surface area contributed by atoms with Gasteiger partial charge in [-0.1, -0.05) is 20.3 Å². The molecule has 72 valence electrons. The minimum absolute atomic E-state index is 0.0536. The predicted octanol–water partition coefficient (Wildman–Crippen LogP) is 0.668. The third-order valence-electron chi connectivity index (χ3n) is 1.90. The van der Waals surface area contributed by atoms with Crippen LogP contribution in [0.25, 0.3) is 0 Å². The third-order valence-corrected chi connectivity index (χ3v) is 1.90. The molecule has 3 heteroatoms. The number of unbranched alkanes of at least 4 members (excludes halogenated alkanes) is 1. The summed E-state index contributed by atoms with van der Waals surface area (Å²) in [6.07, 6.45) is 2.68. The number of nitrogens with two attached hydrogens (primary N) is 2. The first-order chi connectivity index (χ1) is 5.59. The smallest absolute Gasteiger partial charge is 0.152 e. The highest BCUT2D eigenvalue weighted by atomic mass is 16.1. The molecule has 1 atom stereocenters. The Morgan fingerprint density at radius 3 is 2.33 bits per heavy atom. The molecule has 0 unspecified atom stereocenters. The molecular weight excluding hydrogens is 152 g/mol. The number of hydrogen-bond acceptors (Lipinski definition) is 3. The van der Waals surface area contributed by atoms with E-state index in [0.717, 1.165) is 19.3 Å². The molecule has 0 saturated heterocycles. The summed E-state index contributed by atoms with van der Waals surface area (Å²) < 4.78 is 0. The zero-order valence-corrected chi connectivity index (χ0v) is 8.05. The van der Waals surface area contributed by atoms with Crippen molar-refractivity contribution in [3.63, 3.8) is 0 Å². The van der Waals surface area contributed by atoms with Crippen molar-refractivity contribution in [2.75, 3.05) is 6.54 Å². The monoisotopic (exact) mass is 172 g/mol. The van der Waals surface area contributed by atoms with Gasteiger partial charge < -0.3 is 11.5 Å². The Balaban J connectivity index is 3.57. The van der Waals surface area contributed by atoms with E-state index in [1.54, 1.807) is 0 Å². The molecule has 3 nitrogen and oxygen atoms in total. The second-order valence-corrected chi connectivity index (χ2v) is 3.45. The SMILES string of the molecule is CC(C)C(=O)[C@@H](N)CCCCN. The van der Waals surface area contributed by atoms with E-state index in [4.69, 9.17) is 11.5 Å². The molecule has 0 heterocycles. The van der Waals surface area contributed by atoms with E-state index < -0.39 is 0 Å². The van der Waals surface area contributed by atoms with Gasteiger partial charge in [0.15, 0.2) is 5.78 Å². The molecule has 0 aromatic rings. The van der Waals surface area contributed by atoms with Crippen LogP contribution in [0.4, 0.5) is 0 Å². The second kappa shape index (κ2) is 6.14. The fourth-order valence-corrected chi connectivity index (χ4v) is 1.08. The van der Waals surface area contributed by atoms with Gasteiger partial charge in [-0.3, -0.25) is 4.79 Å². The summed E-state index contributed by atoms with van der Waals surface area (Å²) >= 11 is 0. The molecule has 0 spiro atoms.